The maximum absolute atomic E-state index is 12.9. The monoisotopic (exact) mass is 149 g/mol. The molecular formula is C9H8FN. The Hall–Kier alpha value is -1.18. The summed E-state index contributed by atoms with van der Waals surface area (Å²) in [5.74, 6) is -0.141. The fraction of sp³-hybridized carbons (Fsp3) is 0.222. The van der Waals surface area contributed by atoms with Crippen molar-refractivity contribution in [3.63, 3.8) is 0 Å². The highest BCUT2D eigenvalue weighted by molar-refractivity contribution is 6.11. The van der Waals surface area contributed by atoms with Gasteiger partial charge in [0.25, 0.3) is 0 Å². The summed E-state index contributed by atoms with van der Waals surface area (Å²) in [5, 5.41) is 0. The average Bonchev–Trinajstić information content (AvgIpc) is 1.97. The van der Waals surface area contributed by atoms with Crippen LogP contribution < -0.4 is 0 Å². The van der Waals surface area contributed by atoms with Gasteiger partial charge in [-0.1, -0.05) is 0 Å². The van der Waals surface area contributed by atoms with Crippen LogP contribution in [0.3, 0.4) is 0 Å². The number of hydrogen-bond donors (Lipinski definition) is 0. The van der Waals surface area contributed by atoms with Gasteiger partial charge in [-0.3, -0.25) is 4.99 Å². The zero-order valence-corrected chi connectivity index (χ0v) is 6.48. The fourth-order valence-corrected chi connectivity index (χ4v) is 1.24. The normalized spacial score (nSPS) is 13.5. The number of aryl methyl sites for hydroxylation is 1. The van der Waals surface area contributed by atoms with Gasteiger partial charge in [-0.25, -0.2) is 4.39 Å². The molecular weight excluding hydrogens is 141 g/mol. The number of halogens is 1. The molecule has 0 atom stereocenters. The van der Waals surface area contributed by atoms with Crippen molar-refractivity contribution in [2.75, 3.05) is 0 Å². The van der Waals surface area contributed by atoms with E-state index in [1.807, 2.05) is 6.92 Å². The lowest BCUT2D eigenvalue weighted by Gasteiger charge is -2.15. The zero-order chi connectivity index (χ0) is 8.01. The lowest BCUT2D eigenvalue weighted by atomic mass is 10.0. The minimum atomic E-state index is -0.141. The molecule has 1 heterocycles. The Morgan fingerprint density at radius 3 is 2.64 bits per heavy atom. The molecule has 2 rings (SSSR count). The summed E-state index contributed by atoms with van der Waals surface area (Å²) >= 11 is 0. The topological polar surface area (TPSA) is 12.4 Å². The summed E-state index contributed by atoms with van der Waals surface area (Å²) in [6, 6.07) is 3.32. The lowest BCUT2D eigenvalue weighted by molar-refractivity contribution is 0.618. The quantitative estimate of drug-likeness (QED) is 0.537. The number of fused-ring (bicyclic) bond motifs is 1. The number of rotatable bonds is 0. The molecule has 0 spiro atoms. The predicted molar refractivity (Wildman–Crippen MR) is 43.0 cm³/mol. The number of nitrogens with zero attached hydrogens (tertiary/aromatic N) is 1. The van der Waals surface area contributed by atoms with Crippen molar-refractivity contribution in [1.82, 2.24) is 0 Å². The predicted octanol–water partition coefficient (Wildman–Crippen LogP) is 2.59. The molecule has 0 saturated heterocycles. The van der Waals surface area contributed by atoms with E-state index in [4.69, 9.17) is 0 Å². The largest absolute Gasteiger partial charge is 0.252 e. The number of aliphatic imine (C=N–C) groups is 1. The molecule has 56 valence electrons. The Bertz CT molecular complexity index is 353. The minimum Gasteiger partial charge on any atom is -0.252 e. The van der Waals surface area contributed by atoms with Crippen molar-refractivity contribution in [2.24, 2.45) is 4.99 Å². The Morgan fingerprint density at radius 2 is 2.00 bits per heavy atom. The van der Waals surface area contributed by atoms with Gasteiger partial charge in [-0.15, -0.1) is 0 Å². The van der Waals surface area contributed by atoms with Crippen LogP contribution in [0.15, 0.2) is 17.1 Å². The Kier molecular flexibility index (Phi) is 1.13. The fourth-order valence-electron chi connectivity index (χ4n) is 1.24. The summed E-state index contributed by atoms with van der Waals surface area (Å²) in [5.41, 5.74) is 3.47. The van der Waals surface area contributed by atoms with Gasteiger partial charge < -0.3 is 0 Å². The summed E-state index contributed by atoms with van der Waals surface area (Å²) in [6.07, 6.45) is 0. The first-order chi connectivity index (χ1) is 5.18. The molecule has 0 aromatic heterocycles. The van der Waals surface area contributed by atoms with Crippen molar-refractivity contribution >= 4 is 11.4 Å². The molecule has 0 radical (unpaired) electrons. The maximum Gasteiger partial charge on any atom is 0.126 e. The highest BCUT2D eigenvalue weighted by atomic mass is 19.1. The van der Waals surface area contributed by atoms with Crippen LogP contribution in [0, 0.1) is 12.7 Å². The van der Waals surface area contributed by atoms with E-state index in [-0.39, 0.29) is 5.82 Å². The van der Waals surface area contributed by atoms with E-state index >= 15 is 0 Å². The molecule has 1 aliphatic rings. The van der Waals surface area contributed by atoms with E-state index in [2.05, 4.69) is 4.99 Å². The number of benzene rings is 1. The molecule has 1 aliphatic heterocycles. The molecule has 1 nitrogen and oxygen atoms in total. The highest BCUT2D eigenvalue weighted by Gasteiger charge is 2.15. The van der Waals surface area contributed by atoms with Gasteiger partial charge in [0, 0.05) is 11.3 Å². The molecule has 11 heavy (non-hydrogen) atoms. The molecule has 1 aromatic rings. The van der Waals surface area contributed by atoms with Gasteiger partial charge in [0.2, 0.25) is 0 Å². The maximum atomic E-state index is 12.9. The van der Waals surface area contributed by atoms with E-state index in [1.165, 1.54) is 0 Å². The van der Waals surface area contributed by atoms with Crippen LogP contribution in [0.5, 0.6) is 0 Å². The zero-order valence-electron chi connectivity index (χ0n) is 6.48. The highest BCUT2D eigenvalue weighted by Crippen LogP contribution is 2.31. The van der Waals surface area contributed by atoms with Gasteiger partial charge in [0.05, 0.1) is 5.69 Å². The van der Waals surface area contributed by atoms with E-state index < -0.39 is 0 Å². The molecule has 2 heteroatoms. The van der Waals surface area contributed by atoms with Crippen molar-refractivity contribution in [2.45, 2.75) is 13.8 Å². The first-order valence-electron chi connectivity index (χ1n) is 3.54. The smallest absolute Gasteiger partial charge is 0.126 e. The first kappa shape index (κ1) is 6.53. The second-order valence-electron chi connectivity index (χ2n) is 2.82. The third-order valence-electron chi connectivity index (χ3n) is 1.95. The standard InChI is InChI=1S/C9H8FN/c1-5-3-9-7(4-8(5)10)6(2)11-9/h3-4H,1-2H3. The van der Waals surface area contributed by atoms with Crippen LogP contribution in [-0.4, -0.2) is 5.71 Å². The minimum absolute atomic E-state index is 0.141. The van der Waals surface area contributed by atoms with Crippen molar-refractivity contribution in [3.8, 4) is 0 Å². The average molecular weight is 149 g/mol. The Labute approximate surface area is 64.6 Å². The SMILES string of the molecule is CC1=Nc2cc(C)c(F)cc21. The number of hydrogen-bond acceptors (Lipinski definition) is 1. The summed E-state index contributed by atoms with van der Waals surface area (Å²) < 4.78 is 12.9. The van der Waals surface area contributed by atoms with Crippen LogP contribution in [0.4, 0.5) is 10.1 Å². The van der Waals surface area contributed by atoms with E-state index in [9.17, 15) is 4.39 Å². The van der Waals surface area contributed by atoms with Crippen molar-refractivity contribution in [3.05, 3.63) is 29.1 Å². The van der Waals surface area contributed by atoms with Gasteiger partial charge in [0.1, 0.15) is 5.82 Å². The molecule has 0 unspecified atom stereocenters. The second-order valence-corrected chi connectivity index (χ2v) is 2.82. The van der Waals surface area contributed by atoms with Crippen LogP contribution in [0.25, 0.3) is 0 Å². The van der Waals surface area contributed by atoms with Crippen LogP contribution in [-0.2, 0) is 0 Å². The third-order valence-corrected chi connectivity index (χ3v) is 1.95. The Morgan fingerprint density at radius 1 is 1.27 bits per heavy atom. The van der Waals surface area contributed by atoms with Gasteiger partial charge in [-0.05, 0) is 31.5 Å². The van der Waals surface area contributed by atoms with Gasteiger partial charge in [0.15, 0.2) is 0 Å². The van der Waals surface area contributed by atoms with Gasteiger partial charge in [-0.2, -0.15) is 0 Å². The Balaban J connectivity index is 2.61. The van der Waals surface area contributed by atoms with E-state index in [1.54, 1.807) is 19.1 Å². The third kappa shape index (κ3) is 0.788. The summed E-state index contributed by atoms with van der Waals surface area (Å²) in [6.45, 7) is 3.63. The molecule has 0 amide bonds. The van der Waals surface area contributed by atoms with Crippen LogP contribution >= 0.6 is 0 Å². The summed E-state index contributed by atoms with van der Waals surface area (Å²) in [4.78, 5) is 4.14. The molecule has 0 saturated carbocycles. The molecule has 0 fully saturated rings. The van der Waals surface area contributed by atoms with Crippen molar-refractivity contribution in [1.29, 1.82) is 0 Å². The van der Waals surface area contributed by atoms with E-state index in [0.717, 1.165) is 17.0 Å². The van der Waals surface area contributed by atoms with E-state index in [0.29, 0.717) is 5.56 Å². The second kappa shape index (κ2) is 1.91. The lowest BCUT2D eigenvalue weighted by Crippen LogP contribution is -2.05. The van der Waals surface area contributed by atoms with Crippen LogP contribution in [0.2, 0.25) is 0 Å². The first-order valence-corrected chi connectivity index (χ1v) is 3.54. The molecule has 1 aromatic carbocycles. The molecule has 0 aliphatic carbocycles. The summed E-state index contributed by atoms with van der Waals surface area (Å²) in [7, 11) is 0. The van der Waals surface area contributed by atoms with Crippen molar-refractivity contribution < 1.29 is 4.39 Å². The van der Waals surface area contributed by atoms with Crippen LogP contribution in [0.1, 0.15) is 18.1 Å². The molecule has 0 N–H and O–H groups in total. The molecule has 0 bridgehead atoms. The van der Waals surface area contributed by atoms with Gasteiger partial charge >= 0.3 is 0 Å².